The zero-order chi connectivity index (χ0) is 13.7. The standard InChI is InChI=1S/C15H14ClNO2/c1-11(16)15(18)17-12-6-5-9-14(10-12)19-13-7-3-2-4-8-13/h2-11H,1H3,(H,17,18). The molecular formula is C15H14ClNO2. The van der Waals surface area contributed by atoms with E-state index in [4.69, 9.17) is 16.3 Å². The van der Waals surface area contributed by atoms with Crippen molar-refractivity contribution >= 4 is 23.2 Å². The number of carbonyl (C=O) groups is 1. The Hall–Kier alpha value is -2.00. The van der Waals surface area contributed by atoms with E-state index in [-0.39, 0.29) is 5.91 Å². The van der Waals surface area contributed by atoms with Gasteiger partial charge in [-0.2, -0.15) is 0 Å². The molecule has 2 rings (SSSR count). The van der Waals surface area contributed by atoms with Crippen LogP contribution in [0.4, 0.5) is 5.69 Å². The molecule has 1 N–H and O–H groups in total. The second-order valence-corrected chi connectivity index (χ2v) is 4.70. The highest BCUT2D eigenvalue weighted by Gasteiger charge is 2.09. The van der Waals surface area contributed by atoms with Crippen molar-refractivity contribution in [3.63, 3.8) is 0 Å². The third-order valence-electron chi connectivity index (χ3n) is 2.44. The predicted octanol–water partition coefficient (Wildman–Crippen LogP) is 4.04. The second kappa shape index (κ2) is 6.25. The number of amides is 1. The Kier molecular flexibility index (Phi) is 4.42. The quantitative estimate of drug-likeness (QED) is 0.855. The van der Waals surface area contributed by atoms with Crippen molar-refractivity contribution in [3.8, 4) is 11.5 Å². The second-order valence-electron chi connectivity index (χ2n) is 4.05. The Balaban J connectivity index is 2.09. The molecule has 19 heavy (non-hydrogen) atoms. The molecular weight excluding hydrogens is 262 g/mol. The van der Waals surface area contributed by atoms with Crippen molar-refractivity contribution in [2.45, 2.75) is 12.3 Å². The first-order chi connectivity index (χ1) is 9.15. The van der Waals surface area contributed by atoms with E-state index in [0.29, 0.717) is 11.4 Å². The van der Waals surface area contributed by atoms with Crippen LogP contribution in [0, 0.1) is 0 Å². The van der Waals surface area contributed by atoms with Crippen LogP contribution in [-0.2, 0) is 4.79 Å². The summed E-state index contributed by atoms with van der Waals surface area (Å²) in [6, 6.07) is 16.6. The summed E-state index contributed by atoms with van der Waals surface area (Å²) in [6.07, 6.45) is 0. The van der Waals surface area contributed by atoms with Gasteiger partial charge in [-0.1, -0.05) is 24.3 Å². The van der Waals surface area contributed by atoms with Gasteiger partial charge in [-0.25, -0.2) is 0 Å². The number of nitrogens with one attached hydrogen (secondary N) is 1. The number of alkyl halides is 1. The molecule has 0 saturated carbocycles. The molecule has 0 aliphatic heterocycles. The van der Waals surface area contributed by atoms with Gasteiger partial charge in [-0.15, -0.1) is 11.6 Å². The van der Waals surface area contributed by atoms with E-state index >= 15 is 0 Å². The van der Waals surface area contributed by atoms with Gasteiger partial charge in [0.2, 0.25) is 5.91 Å². The Labute approximate surface area is 117 Å². The summed E-state index contributed by atoms with van der Waals surface area (Å²) in [4.78, 5) is 11.5. The molecule has 0 aromatic heterocycles. The van der Waals surface area contributed by atoms with Gasteiger partial charge in [0.15, 0.2) is 0 Å². The van der Waals surface area contributed by atoms with Crippen LogP contribution in [0.5, 0.6) is 11.5 Å². The highest BCUT2D eigenvalue weighted by Crippen LogP contribution is 2.23. The number of anilines is 1. The minimum atomic E-state index is -0.571. The summed E-state index contributed by atoms with van der Waals surface area (Å²) in [7, 11) is 0. The lowest BCUT2D eigenvalue weighted by Gasteiger charge is -2.09. The largest absolute Gasteiger partial charge is 0.457 e. The lowest BCUT2D eigenvalue weighted by Crippen LogP contribution is -2.20. The minimum absolute atomic E-state index is 0.237. The van der Waals surface area contributed by atoms with Crippen LogP contribution >= 0.6 is 11.6 Å². The van der Waals surface area contributed by atoms with Gasteiger partial charge in [0, 0.05) is 11.8 Å². The number of carbonyl (C=O) groups excluding carboxylic acids is 1. The van der Waals surface area contributed by atoms with Crippen LogP contribution in [0.15, 0.2) is 54.6 Å². The molecule has 0 radical (unpaired) electrons. The summed E-state index contributed by atoms with van der Waals surface area (Å²) >= 11 is 5.70. The third kappa shape index (κ3) is 4.00. The number of rotatable bonds is 4. The van der Waals surface area contributed by atoms with E-state index in [9.17, 15) is 4.79 Å². The molecule has 4 heteroatoms. The number of ether oxygens (including phenoxy) is 1. The molecule has 1 atom stereocenters. The Morgan fingerprint density at radius 2 is 1.79 bits per heavy atom. The first-order valence-electron chi connectivity index (χ1n) is 5.93. The van der Waals surface area contributed by atoms with Crippen molar-refractivity contribution in [3.05, 3.63) is 54.6 Å². The Morgan fingerprint density at radius 3 is 2.47 bits per heavy atom. The summed E-state index contributed by atoms with van der Waals surface area (Å²) in [5, 5.41) is 2.15. The molecule has 0 bridgehead atoms. The van der Waals surface area contributed by atoms with Crippen LogP contribution < -0.4 is 10.1 Å². The summed E-state index contributed by atoms with van der Waals surface area (Å²) in [6.45, 7) is 1.63. The first-order valence-corrected chi connectivity index (χ1v) is 6.37. The van der Waals surface area contributed by atoms with Crippen molar-refractivity contribution in [2.24, 2.45) is 0 Å². The maximum atomic E-state index is 11.5. The van der Waals surface area contributed by atoms with Crippen molar-refractivity contribution < 1.29 is 9.53 Å². The molecule has 1 amide bonds. The van der Waals surface area contributed by atoms with Crippen molar-refractivity contribution in [1.82, 2.24) is 0 Å². The minimum Gasteiger partial charge on any atom is -0.457 e. The highest BCUT2D eigenvalue weighted by molar-refractivity contribution is 6.32. The number of halogens is 1. The van der Waals surface area contributed by atoms with Crippen LogP contribution in [0.25, 0.3) is 0 Å². The molecule has 0 saturated heterocycles. The average Bonchev–Trinajstić information content (AvgIpc) is 2.40. The fourth-order valence-corrected chi connectivity index (χ4v) is 1.56. The lowest BCUT2D eigenvalue weighted by molar-refractivity contribution is -0.115. The van der Waals surface area contributed by atoms with Gasteiger partial charge in [-0.05, 0) is 31.2 Å². The third-order valence-corrected chi connectivity index (χ3v) is 2.64. The van der Waals surface area contributed by atoms with Gasteiger partial charge in [0.25, 0.3) is 0 Å². The topological polar surface area (TPSA) is 38.3 Å². The van der Waals surface area contributed by atoms with Gasteiger partial charge in [-0.3, -0.25) is 4.79 Å². The fraction of sp³-hybridized carbons (Fsp3) is 0.133. The predicted molar refractivity (Wildman–Crippen MR) is 76.9 cm³/mol. The van der Waals surface area contributed by atoms with Gasteiger partial charge < -0.3 is 10.1 Å². The molecule has 0 fully saturated rings. The molecule has 3 nitrogen and oxygen atoms in total. The molecule has 0 heterocycles. The van der Waals surface area contributed by atoms with Gasteiger partial charge in [0.1, 0.15) is 16.9 Å². The Morgan fingerprint density at radius 1 is 1.11 bits per heavy atom. The van der Waals surface area contributed by atoms with Crippen LogP contribution in [0.3, 0.4) is 0 Å². The molecule has 1 unspecified atom stereocenters. The summed E-state index contributed by atoms with van der Waals surface area (Å²) < 4.78 is 5.68. The molecule has 0 spiro atoms. The smallest absolute Gasteiger partial charge is 0.242 e. The molecule has 0 aliphatic rings. The van der Waals surface area contributed by atoms with Crippen molar-refractivity contribution in [2.75, 3.05) is 5.32 Å². The maximum absolute atomic E-state index is 11.5. The lowest BCUT2D eigenvalue weighted by atomic mass is 10.3. The van der Waals surface area contributed by atoms with E-state index < -0.39 is 5.38 Å². The molecule has 98 valence electrons. The van der Waals surface area contributed by atoms with E-state index in [1.165, 1.54) is 0 Å². The number of hydrogen-bond acceptors (Lipinski definition) is 2. The SMILES string of the molecule is CC(Cl)C(=O)Nc1cccc(Oc2ccccc2)c1. The Bertz CT molecular complexity index is 555. The average molecular weight is 276 g/mol. The molecule has 2 aromatic carbocycles. The van der Waals surface area contributed by atoms with Crippen LogP contribution in [0.2, 0.25) is 0 Å². The number of benzene rings is 2. The first kappa shape index (κ1) is 13.4. The van der Waals surface area contributed by atoms with Gasteiger partial charge >= 0.3 is 0 Å². The zero-order valence-corrected chi connectivity index (χ0v) is 11.2. The van der Waals surface area contributed by atoms with E-state index in [1.807, 2.05) is 42.5 Å². The highest BCUT2D eigenvalue weighted by atomic mass is 35.5. The van der Waals surface area contributed by atoms with E-state index in [0.717, 1.165) is 5.75 Å². The molecule has 2 aromatic rings. The normalized spacial score (nSPS) is 11.7. The number of hydrogen-bond donors (Lipinski definition) is 1. The van der Waals surface area contributed by atoms with E-state index in [1.54, 1.807) is 19.1 Å². The monoisotopic (exact) mass is 275 g/mol. The van der Waals surface area contributed by atoms with Crippen LogP contribution in [-0.4, -0.2) is 11.3 Å². The summed E-state index contributed by atoms with van der Waals surface area (Å²) in [5.41, 5.74) is 0.658. The summed E-state index contributed by atoms with van der Waals surface area (Å²) in [5.74, 6) is 1.17. The van der Waals surface area contributed by atoms with E-state index in [2.05, 4.69) is 5.32 Å². The number of para-hydroxylation sites is 1. The van der Waals surface area contributed by atoms with Gasteiger partial charge in [0.05, 0.1) is 0 Å². The fourth-order valence-electron chi connectivity index (χ4n) is 1.50. The van der Waals surface area contributed by atoms with Crippen molar-refractivity contribution in [1.29, 1.82) is 0 Å². The van der Waals surface area contributed by atoms with Crippen LogP contribution in [0.1, 0.15) is 6.92 Å². The zero-order valence-electron chi connectivity index (χ0n) is 10.5. The molecule has 0 aliphatic carbocycles. The maximum Gasteiger partial charge on any atom is 0.242 e.